The molecule has 0 bridgehead atoms. The summed E-state index contributed by atoms with van der Waals surface area (Å²) in [5.41, 5.74) is 1.16. The molecule has 0 spiro atoms. The number of aromatic nitrogens is 1. The number of rotatable bonds is 2. The van der Waals surface area contributed by atoms with Crippen LogP contribution in [0.25, 0.3) is 0 Å². The predicted octanol–water partition coefficient (Wildman–Crippen LogP) is -0.0621. The van der Waals surface area contributed by atoms with Crippen LogP contribution >= 0.6 is 0 Å². The Morgan fingerprint density at radius 1 is 1.33 bits per heavy atom. The molecule has 0 saturated carbocycles. The summed E-state index contributed by atoms with van der Waals surface area (Å²) in [6, 6.07) is 4.93. The first-order chi connectivity index (χ1) is 5.81. The Morgan fingerprint density at radius 3 is 2.58 bits per heavy atom. The van der Waals surface area contributed by atoms with Crippen molar-refractivity contribution in [3.8, 4) is 6.07 Å². The first-order valence-corrected chi connectivity index (χ1v) is 3.42. The fourth-order valence-electron chi connectivity index (χ4n) is 0.873. The van der Waals surface area contributed by atoms with Gasteiger partial charge in [-0.25, -0.2) is 4.98 Å². The molecule has 2 N–H and O–H groups in total. The highest BCUT2D eigenvalue weighted by Crippen LogP contribution is 2.07. The molecular formula is C8H8N2O2. The average molecular weight is 164 g/mol. The molecule has 1 heterocycles. The lowest BCUT2D eigenvalue weighted by Gasteiger charge is -2.02. The zero-order valence-electron chi connectivity index (χ0n) is 6.36. The largest absolute Gasteiger partial charge is 0.392 e. The number of hydrogen-bond acceptors (Lipinski definition) is 4. The minimum Gasteiger partial charge on any atom is -0.392 e. The van der Waals surface area contributed by atoms with Crippen LogP contribution in [-0.2, 0) is 13.2 Å². The number of aliphatic hydroxyl groups is 2. The van der Waals surface area contributed by atoms with Crippen LogP contribution in [0.1, 0.15) is 17.0 Å². The molecule has 1 rings (SSSR count). The van der Waals surface area contributed by atoms with Crippen LogP contribution in [0.2, 0.25) is 0 Å². The molecule has 0 amide bonds. The number of hydrogen-bond donors (Lipinski definition) is 2. The van der Waals surface area contributed by atoms with E-state index in [-0.39, 0.29) is 18.9 Å². The van der Waals surface area contributed by atoms with Crippen molar-refractivity contribution in [2.24, 2.45) is 0 Å². The smallest absolute Gasteiger partial charge is 0.140 e. The molecule has 0 radical (unpaired) electrons. The molecule has 0 fully saturated rings. The first kappa shape index (κ1) is 8.65. The summed E-state index contributed by atoms with van der Waals surface area (Å²) in [6.07, 6.45) is 0. The van der Waals surface area contributed by atoms with Crippen LogP contribution in [-0.4, -0.2) is 15.2 Å². The fourth-order valence-corrected chi connectivity index (χ4v) is 0.873. The maximum atomic E-state index is 8.79. The van der Waals surface area contributed by atoms with Gasteiger partial charge in [0.25, 0.3) is 0 Å². The summed E-state index contributed by atoms with van der Waals surface area (Å²) < 4.78 is 0. The van der Waals surface area contributed by atoms with E-state index in [2.05, 4.69) is 4.98 Å². The molecule has 0 atom stereocenters. The summed E-state index contributed by atoms with van der Waals surface area (Å²) >= 11 is 0. The molecule has 1 aromatic heterocycles. The highest BCUT2D eigenvalue weighted by molar-refractivity contribution is 5.28. The van der Waals surface area contributed by atoms with Crippen molar-refractivity contribution in [2.75, 3.05) is 0 Å². The third-order valence-electron chi connectivity index (χ3n) is 1.50. The van der Waals surface area contributed by atoms with E-state index in [1.54, 1.807) is 6.07 Å². The molecule has 0 aliphatic carbocycles. The van der Waals surface area contributed by atoms with Crippen LogP contribution in [0.3, 0.4) is 0 Å². The first-order valence-electron chi connectivity index (χ1n) is 3.42. The zero-order valence-corrected chi connectivity index (χ0v) is 6.36. The van der Waals surface area contributed by atoms with Crippen LogP contribution in [0.5, 0.6) is 0 Å². The van der Waals surface area contributed by atoms with Crippen LogP contribution < -0.4 is 0 Å². The quantitative estimate of drug-likeness (QED) is 0.641. The van der Waals surface area contributed by atoms with Crippen molar-refractivity contribution in [3.63, 3.8) is 0 Å². The third-order valence-corrected chi connectivity index (χ3v) is 1.50. The lowest BCUT2D eigenvalue weighted by Crippen LogP contribution is -1.99. The Morgan fingerprint density at radius 2 is 2.08 bits per heavy atom. The second-order valence-corrected chi connectivity index (χ2v) is 2.23. The van der Waals surface area contributed by atoms with Gasteiger partial charge >= 0.3 is 0 Å². The van der Waals surface area contributed by atoms with Crippen molar-refractivity contribution < 1.29 is 10.2 Å². The van der Waals surface area contributed by atoms with Gasteiger partial charge in [0.1, 0.15) is 11.8 Å². The molecule has 0 aliphatic heterocycles. The van der Waals surface area contributed by atoms with Gasteiger partial charge in [0.15, 0.2) is 0 Å². The van der Waals surface area contributed by atoms with E-state index in [0.29, 0.717) is 11.3 Å². The monoisotopic (exact) mass is 164 g/mol. The van der Waals surface area contributed by atoms with Crippen molar-refractivity contribution in [1.29, 1.82) is 5.26 Å². The third kappa shape index (κ3) is 1.59. The van der Waals surface area contributed by atoms with E-state index < -0.39 is 0 Å². The van der Waals surface area contributed by atoms with Gasteiger partial charge in [-0.2, -0.15) is 5.26 Å². The van der Waals surface area contributed by atoms with Crippen LogP contribution in [0.15, 0.2) is 12.1 Å². The minimum absolute atomic E-state index is 0.172. The van der Waals surface area contributed by atoms with E-state index in [0.717, 1.165) is 0 Å². The van der Waals surface area contributed by atoms with Gasteiger partial charge in [-0.1, -0.05) is 6.07 Å². The molecule has 0 unspecified atom stereocenters. The maximum Gasteiger partial charge on any atom is 0.140 e. The van der Waals surface area contributed by atoms with Gasteiger partial charge in [-0.05, 0) is 6.07 Å². The number of nitrogens with zero attached hydrogens (tertiary/aromatic N) is 2. The normalized spacial score (nSPS) is 9.42. The fraction of sp³-hybridized carbons (Fsp3) is 0.250. The Balaban J connectivity index is 3.13. The minimum atomic E-state index is -0.259. The van der Waals surface area contributed by atoms with Gasteiger partial charge in [-0.15, -0.1) is 0 Å². The van der Waals surface area contributed by atoms with E-state index in [1.807, 2.05) is 6.07 Å². The summed E-state index contributed by atoms with van der Waals surface area (Å²) in [5.74, 6) is 0. The maximum absolute atomic E-state index is 8.79. The van der Waals surface area contributed by atoms with Crippen molar-refractivity contribution >= 4 is 0 Å². The average Bonchev–Trinajstić information content (AvgIpc) is 2.16. The molecule has 4 nitrogen and oxygen atoms in total. The Hall–Kier alpha value is -1.44. The number of nitriles is 1. The lowest BCUT2D eigenvalue weighted by atomic mass is 10.2. The van der Waals surface area contributed by atoms with Crippen molar-refractivity contribution in [2.45, 2.75) is 13.2 Å². The molecule has 0 aliphatic rings. The number of aliphatic hydroxyl groups excluding tert-OH is 2. The molecule has 4 heteroatoms. The Bertz CT molecular complexity index is 317. The molecule has 12 heavy (non-hydrogen) atoms. The van der Waals surface area contributed by atoms with Crippen molar-refractivity contribution in [3.05, 3.63) is 29.1 Å². The van der Waals surface area contributed by atoms with Gasteiger partial charge in [0, 0.05) is 5.56 Å². The van der Waals surface area contributed by atoms with Gasteiger partial charge < -0.3 is 10.2 Å². The van der Waals surface area contributed by atoms with Gasteiger partial charge in [-0.3, -0.25) is 0 Å². The molecule has 0 saturated heterocycles. The van der Waals surface area contributed by atoms with Crippen molar-refractivity contribution in [1.82, 2.24) is 4.98 Å². The van der Waals surface area contributed by atoms with Crippen LogP contribution in [0.4, 0.5) is 0 Å². The summed E-state index contributed by atoms with van der Waals surface area (Å²) in [6.45, 7) is -0.431. The lowest BCUT2D eigenvalue weighted by molar-refractivity contribution is 0.255. The van der Waals surface area contributed by atoms with E-state index in [1.165, 1.54) is 6.07 Å². The van der Waals surface area contributed by atoms with E-state index in [9.17, 15) is 0 Å². The highest BCUT2D eigenvalue weighted by Gasteiger charge is 2.02. The Kier molecular flexibility index (Phi) is 2.75. The second-order valence-electron chi connectivity index (χ2n) is 2.23. The molecular weight excluding hydrogens is 156 g/mol. The molecule has 1 aromatic rings. The van der Waals surface area contributed by atoms with Crippen LogP contribution in [0, 0.1) is 11.3 Å². The number of pyridine rings is 1. The molecule has 62 valence electrons. The molecule has 0 aromatic carbocycles. The highest BCUT2D eigenvalue weighted by atomic mass is 16.3. The standard InChI is InChI=1S/C8H8N2O2/c9-3-7-2-1-6(4-11)8(5-12)10-7/h1-2,11-12H,4-5H2. The summed E-state index contributed by atoms with van der Waals surface area (Å²) in [5, 5.41) is 26.0. The second kappa shape index (κ2) is 3.81. The Labute approximate surface area is 69.7 Å². The summed E-state index contributed by atoms with van der Waals surface area (Å²) in [4.78, 5) is 3.81. The SMILES string of the molecule is N#Cc1ccc(CO)c(CO)n1. The predicted molar refractivity (Wildman–Crippen MR) is 40.8 cm³/mol. The van der Waals surface area contributed by atoms with Gasteiger partial charge in [0.05, 0.1) is 18.9 Å². The zero-order chi connectivity index (χ0) is 8.97. The summed E-state index contributed by atoms with van der Waals surface area (Å²) in [7, 11) is 0. The van der Waals surface area contributed by atoms with Gasteiger partial charge in [0.2, 0.25) is 0 Å². The van der Waals surface area contributed by atoms with E-state index in [4.69, 9.17) is 15.5 Å². The van der Waals surface area contributed by atoms with E-state index >= 15 is 0 Å². The topological polar surface area (TPSA) is 77.1 Å².